The van der Waals surface area contributed by atoms with Crippen molar-refractivity contribution in [2.45, 2.75) is 13.5 Å². The van der Waals surface area contributed by atoms with Gasteiger partial charge in [0.25, 0.3) is 0 Å². The topological polar surface area (TPSA) is 29.5 Å². The summed E-state index contributed by atoms with van der Waals surface area (Å²) < 4.78 is 5.29. The largest absolute Gasteiger partial charge is 0.508 e. The van der Waals surface area contributed by atoms with Crippen LogP contribution in [0.2, 0.25) is 0 Å². The predicted molar refractivity (Wildman–Crippen MR) is 60.9 cm³/mol. The van der Waals surface area contributed by atoms with E-state index in [0.717, 1.165) is 16.3 Å². The molecule has 0 amide bonds. The summed E-state index contributed by atoms with van der Waals surface area (Å²) in [7, 11) is 0. The number of benzene rings is 2. The molecule has 0 bridgehead atoms. The van der Waals surface area contributed by atoms with Crippen molar-refractivity contribution in [1.29, 1.82) is 0 Å². The maximum absolute atomic E-state index is 9.76. The van der Waals surface area contributed by atoms with E-state index in [-0.39, 0.29) is 0 Å². The molecule has 1 N–H and O–H groups in total. The average molecular weight is 202 g/mol. The van der Waals surface area contributed by atoms with Gasteiger partial charge in [-0.3, -0.25) is 0 Å². The molecule has 0 unspecified atom stereocenters. The highest BCUT2D eigenvalue weighted by Gasteiger charge is 2.03. The van der Waals surface area contributed by atoms with Crippen LogP contribution in [0.3, 0.4) is 0 Å². The molecule has 0 aliphatic carbocycles. The van der Waals surface area contributed by atoms with E-state index in [0.29, 0.717) is 19.0 Å². The van der Waals surface area contributed by atoms with Gasteiger partial charge in [-0.2, -0.15) is 0 Å². The highest BCUT2D eigenvalue weighted by atomic mass is 16.5. The van der Waals surface area contributed by atoms with Crippen LogP contribution >= 0.6 is 0 Å². The Labute approximate surface area is 89.1 Å². The minimum absolute atomic E-state index is 0.308. The Balaban J connectivity index is 2.43. The maximum atomic E-state index is 9.76. The molecule has 0 radical (unpaired) electrons. The lowest BCUT2D eigenvalue weighted by Gasteiger charge is -2.06. The van der Waals surface area contributed by atoms with Gasteiger partial charge in [-0.15, -0.1) is 0 Å². The molecule has 0 aliphatic heterocycles. The molecular formula is C13H14O2. The zero-order chi connectivity index (χ0) is 10.7. The van der Waals surface area contributed by atoms with Gasteiger partial charge < -0.3 is 9.84 Å². The van der Waals surface area contributed by atoms with E-state index in [9.17, 15) is 5.11 Å². The third-order valence-electron chi connectivity index (χ3n) is 2.41. The minimum Gasteiger partial charge on any atom is -0.508 e. The van der Waals surface area contributed by atoms with Crippen LogP contribution in [0.15, 0.2) is 36.4 Å². The molecule has 0 spiro atoms. The van der Waals surface area contributed by atoms with E-state index >= 15 is 0 Å². The van der Waals surface area contributed by atoms with E-state index in [1.807, 2.05) is 37.3 Å². The number of hydrogen-bond donors (Lipinski definition) is 1. The summed E-state index contributed by atoms with van der Waals surface area (Å²) in [5, 5.41) is 11.9. The number of ether oxygens (including phenoxy) is 1. The van der Waals surface area contributed by atoms with Crippen LogP contribution in [-0.4, -0.2) is 11.7 Å². The van der Waals surface area contributed by atoms with Crippen LogP contribution in [0.25, 0.3) is 10.8 Å². The summed E-state index contributed by atoms with van der Waals surface area (Å²) in [6, 6.07) is 11.7. The Hall–Kier alpha value is -1.54. The Morgan fingerprint density at radius 2 is 1.80 bits per heavy atom. The summed E-state index contributed by atoms with van der Waals surface area (Å²) in [6.07, 6.45) is 0. The summed E-state index contributed by atoms with van der Waals surface area (Å²) in [5.74, 6) is 0.308. The quantitative estimate of drug-likeness (QED) is 0.828. The number of phenols is 1. The van der Waals surface area contributed by atoms with Crippen LogP contribution in [0, 0.1) is 0 Å². The zero-order valence-electron chi connectivity index (χ0n) is 8.73. The van der Waals surface area contributed by atoms with Gasteiger partial charge in [-0.25, -0.2) is 0 Å². The standard InChI is InChI=1S/C13H14O2/c1-2-15-9-12-7-10-5-3-4-6-11(10)8-13(12)14/h3-8,14H,2,9H2,1H3. The fourth-order valence-corrected chi connectivity index (χ4v) is 1.60. The van der Waals surface area contributed by atoms with Crippen LogP contribution < -0.4 is 0 Å². The molecule has 2 rings (SSSR count). The minimum atomic E-state index is 0.308. The van der Waals surface area contributed by atoms with Crippen molar-refractivity contribution < 1.29 is 9.84 Å². The van der Waals surface area contributed by atoms with E-state index in [1.54, 1.807) is 6.07 Å². The first-order valence-electron chi connectivity index (χ1n) is 5.09. The molecule has 0 aliphatic rings. The van der Waals surface area contributed by atoms with Crippen LogP contribution in [-0.2, 0) is 11.3 Å². The zero-order valence-corrected chi connectivity index (χ0v) is 8.73. The van der Waals surface area contributed by atoms with Gasteiger partial charge in [0.2, 0.25) is 0 Å². The van der Waals surface area contributed by atoms with Gasteiger partial charge in [0.15, 0.2) is 0 Å². The second-order valence-electron chi connectivity index (χ2n) is 3.47. The number of hydrogen-bond acceptors (Lipinski definition) is 2. The van der Waals surface area contributed by atoms with E-state index in [1.165, 1.54) is 0 Å². The third-order valence-corrected chi connectivity index (χ3v) is 2.41. The average Bonchev–Trinajstić information content (AvgIpc) is 2.26. The smallest absolute Gasteiger partial charge is 0.121 e. The third kappa shape index (κ3) is 2.10. The van der Waals surface area contributed by atoms with Gasteiger partial charge in [-0.05, 0) is 29.8 Å². The molecular weight excluding hydrogens is 188 g/mol. The Morgan fingerprint density at radius 3 is 2.47 bits per heavy atom. The van der Waals surface area contributed by atoms with Crippen molar-refractivity contribution in [3.05, 3.63) is 42.0 Å². The SMILES string of the molecule is CCOCc1cc2ccccc2cc1O. The van der Waals surface area contributed by atoms with Gasteiger partial charge >= 0.3 is 0 Å². The highest BCUT2D eigenvalue weighted by Crippen LogP contribution is 2.25. The number of phenolic OH excluding ortho intramolecular Hbond substituents is 1. The second-order valence-corrected chi connectivity index (χ2v) is 3.47. The molecule has 2 heteroatoms. The van der Waals surface area contributed by atoms with E-state index in [2.05, 4.69) is 0 Å². The molecule has 0 saturated carbocycles. The number of fused-ring (bicyclic) bond motifs is 1. The fraction of sp³-hybridized carbons (Fsp3) is 0.231. The normalized spacial score (nSPS) is 10.7. The first-order valence-corrected chi connectivity index (χ1v) is 5.09. The summed E-state index contributed by atoms with van der Waals surface area (Å²) in [5.41, 5.74) is 0.843. The lowest BCUT2D eigenvalue weighted by atomic mass is 10.1. The van der Waals surface area contributed by atoms with Gasteiger partial charge in [0.05, 0.1) is 6.61 Å². The van der Waals surface area contributed by atoms with Gasteiger partial charge in [-0.1, -0.05) is 24.3 Å². The number of aromatic hydroxyl groups is 1. The lowest BCUT2D eigenvalue weighted by Crippen LogP contribution is -1.92. The van der Waals surface area contributed by atoms with Crippen molar-refractivity contribution in [3.63, 3.8) is 0 Å². The summed E-state index contributed by atoms with van der Waals surface area (Å²) >= 11 is 0. The Kier molecular flexibility index (Phi) is 2.88. The molecule has 0 atom stereocenters. The highest BCUT2D eigenvalue weighted by molar-refractivity contribution is 5.84. The molecule has 2 nitrogen and oxygen atoms in total. The second kappa shape index (κ2) is 4.32. The van der Waals surface area contributed by atoms with E-state index in [4.69, 9.17) is 4.74 Å². The summed E-state index contributed by atoms with van der Waals surface area (Å²) in [4.78, 5) is 0. The lowest BCUT2D eigenvalue weighted by molar-refractivity contribution is 0.132. The molecule has 0 aromatic heterocycles. The molecule has 2 aromatic carbocycles. The predicted octanol–water partition coefficient (Wildman–Crippen LogP) is 3.08. The van der Waals surface area contributed by atoms with Crippen LogP contribution in [0.1, 0.15) is 12.5 Å². The summed E-state index contributed by atoms with van der Waals surface area (Å²) in [6.45, 7) is 3.07. The van der Waals surface area contributed by atoms with Crippen LogP contribution in [0.4, 0.5) is 0 Å². The van der Waals surface area contributed by atoms with Crippen molar-refractivity contribution in [2.75, 3.05) is 6.61 Å². The molecule has 15 heavy (non-hydrogen) atoms. The van der Waals surface area contributed by atoms with Crippen molar-refractivity contribution >= 4 is 10.8 Å². The fourth-order valence-electron chi connectivity index (χ4n) is 1.60. The van der Waals surface area contributed by atoms with Crippen molar-refractivity contribution in [3.8, 4) is 5.75 Å². The monoisotopic (exact) mass is 202 g/mol. The maximum Gasteiger partial charge on any atom is 0.121 e. The molecule has 0 heterocycles. The molecule has 78 valence electrons. The Morgan fingerprint density at radius 1 is 1.13 bits per heavy atom. The van der Waals surface area contributed by atoms with E-state index < -0.39 is 0 Å². The first kappa shape index (κ1) is 9.99. The van der Waals surface area contributed by atoms with Crippen molar-refractivity contribution in [1.82, 2.24) is 0 Å². The molecule has 0 saturated heterocycles. The molecule has 0 fully saturated rings. The van der Waals surface area contributed by atoms with Gasteiger partial charge in [0, 0.05) is 12.2 Å². The van der Waals surface area contributed by atoms with Gasteiger partial charge in [0.1, 0.15) is 5.75 Å². The first-order chi connectivity index (χ1) is 7.31. The van der Waals surface area contributed by atoms with Crippen molar-refractivity contribution in [2.24, 2.45) is 0 Å². The van der Waals surface area contributed by atoms with Crippen LogP contribution in [0.5, 0.6) is 5.75 Å². The number of rotatable bonds is 3. The Bertz CT molecular complexity index is 463. The molecule has 2 aromatic rings.